The van der Waals surface area contributed by atoms with Crippen molar-refractivity contribution in [2.75, 3.05) is 52.2 Å². The van der Waals surface area contributed by atoms with Crippen LogP contribution in [-0.2, 0) is 4.74 Å². The Hall–Kier alpha value is -2.42. The zero-order chi connectivity index (χ0) is 18.9. The Balaban J connectivity index is 1.77. The van der Waals surface area contributed by atoms with Crippen molar-refractivity contribution in [2.24, 2.45) is 0 Å². The number of nitrogens with zero attached hydrogens (tertiary/aromatic N) is 4. The molecule has 1 saturated heterocycles. The second kappa shape index (κ2) is 9.91. The number of hydrogen-bond donors (Lipinski definition) is 2. The Morgan fingerprint density at radius 1 is 1.27 bits per heavy atom. The molecule has 1 aliphatic rings. The molecule has 0 spiro atoms. The standard InChI is InChI=1S/C17H28N6O3/c1-4-26-17(25)23-10-7-13(8-11-23)19-15-6-5-14(20-21-15)16(24)18-9-12-22(2)3/h5-6,13H,4,7-12H2,1-3H3,(H,18,24)(H,19,21). The maximum atomic E-state index is 12.0. The predicted octanol–water partition coefficient (Wildman–Crippen LogP) is 0.801. The van der Waals surface area contributed by atoms with Crippen LogP contribution >= 0.6 is 0 Å². The normalized spacial score (nSPS) is 15.0. The minimum atomic E-state index is -0.254. The molecule has 0 bridgehead atoms. The van der Waals surface area contributed by atoms with Crippen molar-refractivity contribution in [3.63, 3.8) is 0 Å². The quantitative estimate of drug-likeness (QED) is 0.738. The maximum Gasteiger partial charge on any atom is 0.409 e. The van der Waals surface area contributed by atoms with Crippen LogP contribution in [0.2, 0.25) is 0 Å². The molecule has 2 rings (SSSR count). The van der Waals surface area contributed by atoms with Crippen LogP contribution < -0.4 is 10.6 Å². The summed E-state index contributed by atoms with van der Waals surface area (Å²) in [6.07, 6.45) is 1.37. The number of likely N-dealkylation sites (tertiary alicyclic amines) is 1. The zero-order valence-corrected chi connectivity index (χ0v) is 15.7. The van der Waals surface area contributed by atoms with Gasteiger partial charge in [0.1, 0.15) is 5.82 Å². The first-order chi connectivity index (χ1) is 12.5. The van der Waals surface area contributed by atoms with E-state index < -0.39 is 0 Å². The molecule has 9 heteroatoms. The number of piperidine rings is 1. The molecule has 0 radical (unpaired) electrons. The average Bonchev–Trinajstić information content (AvgIpc) is 2.63. The number of aromatic nitrogens is 2. The van der Waals surface area contributed by atoms with Crippen molar-refractivity contribution in [3.05, 3.63) is 17.8 Å². The van der Waals surface area contributed by atoms with E-state index in [0.29, 0.717) is 37.8 Å². The molecular formula is C17H28N6O3. The Labute approximate surface area is 154 Å². The van der Waals surface area contributed by atoms with Gasteiger partial charge in [0.05, 0.1) is 6.61 Å². The lowest BCUT2D eigenvalue weighted by Gasteiger charge is -2.31. The Morgan fingerprint density at radius 3 is 2.58 bits per heavy atom. The fourth-order valence-corrected chi connectivity index (χ4v) is 2.64. The van der Waals surface area contributed by atoms with Crippen LogP contribution in [0, 0.1) is 0 Å². The van der Waals surface area contributed by atoms with E-state index in [0.717, 1.165) is 19.4 Å². The van der Waals surface area contributed by atoms with Crippen LogP contribution in [0.15, 0.2) is 12.1 Å². The van der Waals surface area contributed by atoms with E-state index in [1.807, 2.05) is 19.0 Å². The topological polar surface area (TPSA) is 99.7 Å². The highest BCUT2D eigenvalue weighted by molar-refractivity contribution is 5.92. The lowest BCUT2D eigenvalue weighted by molar-refractivity contribution is 0.0944. The number of likely N-dealkylation sites (N-methyl/N-ethyl adjacent to an activating group) is 1. The molecule has 0 aromatic carbocycles. The summed E-state index contributed by atoms with van der Waals surface area (Å²) < 4.78 is 5.02. The smallest absolute Gasteiger partial charge is 0.409 e. The lowest BCUT2D eigenvalue weighted by Crippen LogP contribution is -2.42. The molecule has 2 heterocycles. The average molecular weight is 364 g/mol. The Morgan fingerprint density at radius 2 is 2.00 bits per heavy atom. The first kappa shape index (κ1) is 19.9. The summed E-state index contributed by atoms with van der Waals surface area (Å²) in [6, 6.07) is 3.63. The van der Waals surface area contributed by atoms with Gasteiger partial charge in [0.15, 0.2) is 5.69 Å². The van der Waals surface area contributed by atoms with Crippen LogP contribution in [0.5, 0.6) is 0 Å². The number of nitrogens with one attached hydrogen (secondary N) is 2. The number of rotatable bonds is 7. The molecule has 144 valence electrons. The fourth-order valence-electron chi connectivity index (χ4n) is 2.64. The van der Waals surface area contributed by atoms with Crippen LogP contribution in [0.25, 0.3) is 0 Å². The number of amides is 2. The van der Waals surface area contributed by atoms with Gasteiger partial charge in [-0.3, -0.25) is 4.79 Å². The van der Waals surface area contributed by atoms with E-state index >= 15 is 0 Å². The van der Waals surface area contributed by atoms with E-state index in [1.54, 1.807) is 24.0 Å². The molecule has 26 heavy (non-hydrogen) atoms. The monoisotopic (exact) mass is 364 g/mol. The number of anilines is 1. The summed E-state index contributed by atoms with van der Waals surface area (Å²) >= 11 is 0. The molecule has 0 atom stereocenters. The van der Waals surface area contributed by atoms with Gasteiger partial charge in [0.25, 0.3) is 5.91 Å². The van der Waals surface area contributed by atoms with Gasteiger partial charge in [-0.25, -0.2) is 4.79 Å². The SMILES string of the molecule is CCOC(=O)N1CCC(Nc2ccc(C(=O)NCCN(C)C)nn2)CC1. The van der Waals surface area contributed by atoms with Crippen LogP contribution in [0.3, 0.4) is 0 Å². The predicted molar refractivity (Wildman–Crippen MR) is 98.2 cm³/mol. The molecule has 1 fully saturated rings. The van der Waals surface area contributed by atoms with E-state index in [4.69, 9.17) is 4.74 Å². The third-order valence-corrected chi connectivity index (χ3v) is 4.11. The highest BCUT2D eigenvalue weighted by atomic mass is 16.6. The summed E-state index contributed by atoms with van der Waals surface area (Å²) in [7, 11) is 3.90. The minimum Gasteiger partial charge on any atom is -0.450 e. The lowest BCUT2D eigenvalue weighted by atomic mass is 10.1. The molecule has 0 unspecified atom stereocenters. The van der Waals surface area contributed by atoms with Gasteiger partial charge in [-0.05, 0) is 46.0 Å². The van der Waals surface area contributed by atoms with E-state index in [2.05, 4.69) is 20.8 Å². The Bertz CT molecular complexity index is 585. The zero-order valence-electron chi connectivity index (χ0n) is 15.7. The first-order valence-electron chi connectivity index (χ1n) is 8.94. The van der Waals surface area contributed by atoms with Crippen LogP contribution in [0.4, 0.5) is 10.6 Å². The molecule has 2 N–H and O–H groups in total. The van der Waals surface area contributed by atoms with Crippen molar-refractivity contribution in [2.45, 2.75) is 25.8 Å². The summed E-state index contributed by atoms with van der Waals surface area (Å²) in [5.41, 5.74) is 0.298. The molecule has 1 aromatic rings. The summed E-state index contributed by atoms with van der Waals surface area (Å²) in [5.74, 6) is 0.401. The van der Waals surface area contributed by atoms with Crippen molar-refractivity contribution >= 4 is 17.8 Å². The third-order valence-electron chi connectivity index (χ3n) is 4.11. The van der Waals surface area contributed by atoms with Gasteiger partial charge < -0.3 is 25.2 Å². The second-order valence-electron chi connectivity index (χ2n) is 6.47. The molecular weight excluding hydrogens is 336 g/mol. The molecule has 9 nitrogen and oxygen atoms in total. The first-order valence-corrected chi connectivity index (χ1v) is 8.94. The maximum absolute atomic E-state index is 12.0. The molecule has 0 aliphatic carbocycles. The molecule has 1 aliphatic heterocycles. The highest BCUT2D eigenvalue weighted by Crippen LogP contribution is 2.15. The van der Waals surface area contributed by atoms with Gasteiger partial charge in [-0.1, -0.05) is 0 Å². The molecule has 0 saturated carbocycles. The van der Waals surface area contributed by atoms with E-state index in [1.165, 1.54) is 0 Å². The van der Waals surface area contributed by atoms with Gasteiger partial charge in [-0.15, -0.1) is 10.2 Å². The number of ether oxygens (including phenoxy) is 1. The summed E-state index contributed by atoms with van der Waals surface area (Å²) in [6.45, 7) is 4.82. The summed E-state index contributed by atoms with van der Waals surface area (Å²) in [5, 5.41) is 14.2. The number of hydrogen-bond acceptors (Lipinski definition) is 7. The number of carbonyl (C=O) groups excluding carboxylic acids is 2. The van der Waals surface area contributed by atoms with Crippen molar-refractivity contribution in [1.29, 1.82) is 0 Å². The van der Waals surface area contributed by atoms with Crippen molar-refractivity contribution in [1.82, 2.24) is 25.3 Å². The summed E-state index contributed by atoms with van der Waals surface area (Å²) in [4.78, 5) is 27.4. The third kappa shape index (κ3) is 6.14. The van der Waals surface area contributed by atoms with Gasteiger partial charge in [-0.2, -0.15) is 0 Å². The van der Waals surface area contributed by atoms with E-state index in [-0.39, 0.29) is 18.0 Å². The van der Waals surface area contributed by atoms with Crippen molar-refractivity contribution in [3.8, 4) is 0 Å². The van der Waals surface area contributed by atoms with Crippen LogP contribution in [0.1, 0.15) is 30.3 Å². The molecule has 1 aromatic heterocycles. The van der Waals surface area contributed by atoms with Gasteiger partial charge >= 0.3 is 6.09 Å². The largest absolute Gasteiger partial charge is 0.450 e. The van der Waals surface area contributed by atoms with Crippen LogP contribution in [-0.4, -0.2) is 84.9 Å². The van der Waals surface area contributed by atoms with Crippen molar-refractivity contribution < 1.29 is 14.3 Å². The number of carbonyl (C=O) groups is 2. The minimum absolute atomic E-state index is 0.217. The Kier molecular flexibility index (Phi) is 7.58. The van der Waals surface area contributed by atoms with Gasteiger partial charge in [0.2, 0.25) is 0 Å². The fraction of sp³-hybridized carbons (Fsp3) is 0.647. The molecule has 2 amide bonds. The van der Waals surface area contributed by atoms with Gasteiger partial charge in [0, 0.05) is 32.2 Å². The highest BCUT2D eigenvalue weighted by Gasteiger charge is 2.23. The van der Waals surface area contributed by atoms with E-state index in [9.17, 15) is 9.59 Å². The second-order valence-corrected chi connectivity index (χ2v) is 6.47.